The maximum absolute atomic E-state index is 6.05. The highest BCUT2D eigenvalue weighted by Gasteiger charge is 2.21. The summed E-state index contributed by atoms with van der Waals surface area (Å²) in [5.74, 6) is 0.621. The number of hydrogen-bond donors (Lipinski definition) is 1. The van der Waals surface area contributed by atoms with Gasteiger partial charge in [0.2, 0.25) is 0 Å². The van der Waals surface area contributed by atoms with E-state index in [1.54, 1.807) is 0 Å². The van der Waals surface area contributed by atoms with Gasteiger partial charge in [0, 0.05) is 25.7 Å². The lowest BCUT2D eigenvalue weighted by atomic mass is 10.2. The number of nitrogens with two attached hydrogens (primary N) is 1. The molecule has 4 nitrogen and oxygen atoms in total. The van der Waals surface area contributed by atoms with Gasteiger partial charge in [-0.05, 0) is 26.1 Å². The number of aliphatic imine (C=N–C) groups is 1. The van der Waals surface area contributed by atoms with Crippen molar-refractivity contribution in [3.63, 3.8) is 0 Å². The van der Waals surface area contributed by atoms with Gasteiger partial charge in [-0.15, -0.1) is 0 Å². The first-order chi connectivity index (χ1) is 8.16. The quantitative estimate of drug-likeness (QED) is 0.586. The highest BCUT2D eigenvalue weighted by atomic mass is 15.3. The molecule has 1 unspecified atom stereocenters. The summed E-state index contributed by atoms with van der Waals surface area (Å²) in [5, 5.41) is 0. The number of piperazine rings is 1. The number of likely N-dealkylation sites (N-methyl/N-ethyl adjacent to an activating group) is 1. The van der Waals surface area contributed by atoms with E-state index in [1.165, 1.54) is 0 Å². The van der Waals surface area contributed by atoms with Crippen LogP contribution in [0.15, 0.2) is 35.3 Å². The zero-order valence-corrected chi connectivity index (χ0v) is 10.5. The van der Waals surface area contributed by atoms with Crippen molar-refractivity contribution in [1.82, 2.24) is 9.80 Å². The molecule has 1 aliphatic rings. The second-order valence-electron chi connectivity index (χ2n) is 4.58. The third-order valence-corrected chi connectivity index (χ3v) is 3.28. The zero-order valence-electron chi connectivity index (χ0n) is 10.5. The Morgan fingerprint density at radius 1 is 1.29 bits per heavy atom. The van der Waals surface area contributed by atoms with E-state index in [0.29, 0.717) is 12.0 Å². The van der Waals surface area contributed by atoms with Crippen molar-refractivity contribution in [2.24, 2.45) is 10.7 Å². The van der Waals surface area contributed by atoms with Crippen LogP contribution in [-0.4, -0.2) is 48.5 Å². The largest absolute Gasteiger partial charge is 0.369 e. The predicted molar refractivity (Wildman–Crippen MR) is 71.4 cm³/mol. The monoisotopic (exact) mass is 232 g/mol. The molecule has 0 amide bonds. The van der Waals surface area contributed by atoms with Gasteiger partial charge in [-0.25, -0.2) is 4.99 Å². The van der Waals surface area contributed by atoms with Crippen LogP contribution in [0.3, 0.4) is 0 Å². The van der Waals surface area contributed by atoms with E-state index >= 15 is 0 Å². The zero-order chi connectivity index (χ0) is 12.3. The summed E-state index contributed by atoms with van der Waals surface area (Å²) in [6, 6.07) is 10.4. The Labute approximate surface area is 103 Å². The highest BCUT2D eigenvalue weighted by molar-refractivity contribution is 5.81. The SMILES string of the molecule is CC1CN(C(N)=Nc2ccccc2)CCN1C. The summed E-state index contributed by atoms with van der Waals surface area (Å²) >= 11 is 0. The lowest BCUT2D eigenvalue weighted by molar-refractivity contribution is 0.152. The van der Waals surface area contributed by atoms with Crippen molar-refractivity contribution in [3.05, 3.63) is 30.3 Å². The second kappa shape index (κ2) is 5.19. The molecule has 4 heteroatoms. The van der Waals surface area contributed by atoms with Crippen LogP contribution in [0.25, 0.3) is 0 Å². The van der Waals surface area contributed by atoms with Gasteiger partial charge in [-0.3, -0.25) is 0 Å². The molecule has 1 heterocycles. The molecule has 1 aliphatic heterocycles. The van der Waals surface area contributed by atoms with Gasteiger partial charge in [-0.2, -0.15) is 0 Å². The number of hydrogen-bond acceptors (Lipinski definition) is 2. The van der Waals surface area contributed by atoms with Crippen LogP contribution in [0.2, 0.25) is 0 Å². The molecule has 1 aromatic carbocycles. The van der Waals surface area contributed by atoms with Crippen molar-refractivity contribution < 1.29 is 0 Å². The Kier molecular flexibility index (Phi) is 3.64. The van der Waals surface area contributed by atoms with Gasteiger partial charge >= 0.3 is 0 Å². The van der Waals surface area contributed by atoms with Gasteiger partial charge in [0.05, 0.1) is 5.69 Å². The standard InChI is InChI=1S/C13H20N4/c1-11-10-17(9-8-16(11)2)13(14)15-12-6-4-3-5-7-12/h3-7,11H,8-10H2,1-2H3,(H2,14,15). The molecular formula is C13H20N4. The average Bonchev–Trinajstić information content (AvgIpc) is 2.34. The van der Waals surface area contributed by atoms with E-state index < -0.39 is 0 Å². The Morgan fingerprint density at radius 3 is 2.65 bits per heavy atom. The van der Waals surface area contributed by atoms with Crippen LogP contribution in [0.1, 0.15) is 6.92 Å². The molecule has 1 aromatic rings. The minimum atomic E-state index is 0.522. The van der Waals surface area contributed by atoms with Gasteiger partial charge < -0.3 is 15.5 Å². The molecule has 0 saturated carbocycles. The maximum atomic E-state index is 6.05. The highest BCUT2D eigenvalue weighted by Crippen LogP contribution is 2.12. The van der Waals surface area contributed by atoms with E-state index in [-0.39, 0.29) is 0 Å². The van der Waals surface area contributed by atoms with Gasteiger partial charge in [-0.1, -0.05) is 18.2 Å². The predicted octanol–water partition coefficient (Wildman–Crippen LogP) is 1.27. The molecule has 2 N–H and O–H groups in total. The van der Waals surface area contributed by atoms with Gasteiger partial charge in [0.1, 0.15) is 0 Å². The Hall–Kier alpha value is -1.55. The first-order valence-corrected chi connectivity index (χ1v) is 6.01. The van der Waals surface area contributed by atoms with Crippen molar-refractivity contribution >= 4 is 11.6 Å². The van der Waals surface area contributed by atoms with Crippen molar-refractivity contribution in [3.8, 4) is 0 Å². The maximum Gasteiger partial charge on any atom is 0.196 e. The fourth-order valence-corrected chi connectivity index (χ4v) is 1.96. The smallest absolute Gasteiger partial charge is 0.196 e. The summed E-state index contributed by atoms with van der Waals surface area (Å²) < 4.78 is 0. The average molecular weight is 232 g/mol. The number of guanidine groups is 1. The summed E-state index contributed by atoms with van der Waals surface area (Å²) in [6.45, 7) is 5.13. The first-order valence-electron chi connectivity index (χ1n) is 6.01. The minimum Gasteiger partial charge on any atom is -0.369 e. The van der Waals surface area contributed by atoms with Crippen LogP contribution < -0.4 is 5.73 Å². The molecule has 1 saturated heterocycles. The summed E-state index contributed by atoms with van der Waals surface area (Å²) in [4.78, 5) is 8.93. The molecule has 1 atom stereocenters. The molecule has 0 bridgehead atoms. The topological polar surface area (TPSA) is 44.9 Å². The molecule has 2 rings (SSSR count). The fourth-order valence-electron chi connectivity index (χ4n) is 1.96. The molecule has 17 heavy (non-hydrogen) atoms. The van der Waals surface area contributed by atoms with E-state index in [1.807, 2.05) is 30.3 Å². The van der Waals surface area contributed by atoms with E-state index in [4.69, 9.17) is 5.73 Å². The molecule has 0 aromatic heterocycles. The van der Waals surface area contributed by atoms with Gasteiger partial charge in [0.25, 0.3) is 0 Å². The minimum absolute atomic E-state index is 0.522. The number of para-hydroxylation sites is 1. The van der Waals surface area contributed by atoms with Crippen molar-refractivity contribution in [2.75, 3.05) is 26.7 Å². The van der Waals surface area contributed by atoms with Crippen LogP contribution in [0.4, 0.5) is 5.69 Å². The van der Waals surface area contributed by atoms with Crippen LogP contribution in [0.5, 0.6) is 0 Å². The second-order valence-corrected chi connectivity index (χ2v) is 4.58. The third-order valence-electron chi connectivity index (χ3n) is 3.28. The normalized spacial score (nSPS) is 22.8. The Morgan fingerprint density at radius 2 is 2.00 bits per heavy atom. The summed E-state index contributed by atoms with van der Waals surface area (Å²) in [6.07, 6.45) is 0. The molecule has 0 aliphatic carbocycles. The number of nitrogens with zero attached hydrogens (tertiary/aromatic N) is 3. The molecule has 92 valence electrons. The van der Waals surface area contributed by atoms with Crippen LogP contribution >= 0.6 is 0 Å². The molecule has 0 spiro atoms. The summed E-state index contributed by atoms with van der Waals surface area (Å²) in [5.41, 5.74) is 6.96. The molecular weight excluding hydrogens is 212 g/mol. The first kappa shape index (κ1) is 11.9. The van der Waals surface area contributed by atoms with Crippen molar-refractivity contribution in [2.45, 2.75) is 13.0 Å². The van der Waals surface area contributed by atoms with Crippen molar-refractivity contribution in [1.29, 1.82) is 0 Å². The number of rotatable bonds is 1. The number of benzene rings is 1. The summed E-state index contributed by atoms with van der Waals surface area (Å²) in [7, 11) is 2.15. The fraction of sp³-hybridized carbons (Fsp3) is 0.462. The van der Waals surface area contributed by atoms with Crippen LogP contribution in [0, 0.1) is 0 Å². The third kappa shape index (κ3) is 2.97. The molecule has 0 radical (unpaired) electrons. The van der Waals surface area contributed by atoms with Gasteiger partial charge in [0.15, 0.2) is 5.96 Å². The Balaban J connectivity index is 2.05. The Bertz CT molecular complexity index is 388. The molecule has 1 fully saturated rings. The van der Waals surface area contributed by atoms with Crippen LogP contribution in [-0.2, 0) is 0 Å². The van der Waals surface area contributed by atoms with E-state index in [2.05, 4.69) is 28.8 Å². The van der Waals surface area contributed by atoms with E-state index in [9.17, 15) is 0 Å². The van der Waals surface area contributed by atoms with E-state index in [0.717, 1.165) is 25.3 Å². The lowest BCUT2D eigenvalue weighted by Gasteiger charge is -2.38. The lowest BCUT2D eigenvalue weighted by Crippen LogP contribution is -2.53.